The first kappa shape index (κ1) is 19.9. The molecule has 26 heavy (non-hydrogen) atoms. The fraction of sp³-hybridized carbons (Fsp3) is 0.556. The number of carbonyl (C=O) groups excluding carboxylic acids is 1. The zero-order valence-corrected chi connectivity index (χ0v) is 15.3. The van der Waals surface area contributed by atoms with Crippen molar-refractivity contribution in [2.75, 3.05) is 45.9 Å². The summed E-state index contributed by atoms with van der Waals surface area (Å²) in [4.78, 5) is 19.9. The molecule has 0 radical (unpaired) electrons. The summed E-state index contributed by atoms with van der Waals surface area (Å²) in [6, 6.07) is 3.86. The van der Waals surface area contributed by atoms with Crippen LogP contribution in [-0.2, 0) is 11.2 Å². The minimum Gasteiger partial charge on any atom is -0.450 e. The summed E-state index contributed by atoms with van der Waals surface area (Å²) < 4.78 is 32.4. The summed E-state index contributed by atoms with van der Waals surface area (Å²) >= 11 is 0. The summed E-state index contributed by atoms with van der Waals surface area (Å²) in [5.41, 5.74) is 0.0548. The Morgan fingerprint density at radius 1 is 1.15 bits per heavy atom. The number of hydrogen-bond acceptors (Lipinski definition) is 3. The fourth-order valence-corrected chi connectivity index (χ4v) is 2.79. The number of aliphatic imine (C=N–C) groups is 1. The lowest BCUT2D eigenvalue weighted by atomic mass is 10.1. The van der Waals surface area contributed by atoms with Crippen LogP contribution < -0.4 is 5.32 Å². The van der Waals surface area contributed by atoms with Crippen molar-refractivity contribution < 1.29 is 18.3 Å². The number of halogens is 2. The van der Waals surface area contributed by atoms with Crippen molar-refractivity contribution in [1.82, 2.24) is 15.1 Å². The molecule has 1 aliphatic rings. The first-order chi connectivity index (χ1) is 12.6. The molecule has 0 saturated carbocycles. The van der Waals surface area contributed by atoms with E-state index in [0.717, 1.165) is 0 Å². The second kappa shape index (κ2) is 9.94. The molecule has 144 valence electrons. The van der Waals surface area contributed by atoms with Crippen molar-refractivity contribution in [3.8, 4) is 0 Å². The topological polar surface area (TPSA) is 57.2 Å². The zero-order chi connectivity index (χ0) is 18.9. The van der Waals surface area contributed by atoms with Gasteiger partial charge in [-0.2, -0.15) is 0 Å². The van der Waals surface area contributed by atoms with Gasteiger partial charge < -0.3 is 19.9 Å². The van der Waals surface area contributed by atoms with Crippen LogP contribution in [0.3, 0.4) is 0 Å². The predicted octanol–water partition coefficient (Wildman–Crippen LogP) is 2.25. The molecule has 1 aliphatic heterocycles. The maximum Gasteiger partial charge on any atom is 0.409 e. The normalized spacial score (nSPS) is 15.2. The summed E-state index contributed by atoms with van der Waals surface area (Å²) in [5.74, 6) is -0.408. The molecule has 8 heteroatoms. The molecule has 2 rings (SSSR count). The van der Waals surface area contributed by atoms with E-state index in [2.05, 4.69) is 10.3 Å². The number of nitrogens with one attached hydrogen (secondary N) is 1. The van der Waals surface area contributed by atoms with Crippen molar-refractivity contribution >= 4 is 12.1 Å². The van der Waals surface area contributed by atoms with Crippen molar-refractivity contribution in [3.63, 3.8) is 0 Å². The minimum atomic E-state index is -0.548. The Morgan fingerprint density at radius 3 is 2.35 bits per heavy atom. The number of carbonyl (C=O) groups is 1. The largest absolute Gasteiger partial charge is 0.450 e. The number of guanidine groups is 1. The maximum atomic E-state index is 13.7. The molecule has 1 saturated heterocycles. The number of ether oxygens (including phenoxy) is 1. The Morgan fingerprint density at radius 2 is 1.77 bits per heavy atom. The summed E-state index contributed by atoms with van der Waals surface area (Å²) in [5, 5.41) is 3.19. The van der Waals surface area contributed by atoms with E-state index in [9.17, 15) is 13.6 Å². The number of nitrogens with zero attached hydrogens (tertiary/aromatic N) is 3. The van der Waals surface area contributed by atoms with E-state index in [0.29, 0.717) is 45.3 Å². The Hall–Kier alpha value is -2.38. The quantitative estimate of drug-likeness (QED) is 0.640. The summed E-state index contributed by atoms with van der Waals surface area (Å²) in [7, 11) is 0. The molecule has 0 spiro atoms. The number of benzene rings is 1. The lowest BCUT2D eigenvalue weighted by Gasteiger charge is -2.35. The lowest BCUT2D eigenvalue weighted by Crippen LogP contribution is -2.54. The van der Waals surface area contributed by atoms with Crippen LogP contribution in [0, 0.1) is 11.6 Å². The van der Waals surface area contributed by atoms with Crippen LogP contribution in [0.5, 0.6) is 0 Å². The minimum absolute atomic E-state index is 0.0548. The average molecular weight is 368 g/mol. The van der Waals surface area contributed by atoms with E-state index in [1.807, 2.05) is 11.8 Å². The van der Waals surface area contributed by atoms with E-state index >= 15 is 0 Å². The van der Waals surface area contributed by atoms with Gasteiger partial charge in [0.05, 0.1) is 6.61 Å². The molecular formula is C18H26F2N4O2. The summed E-state index contributed by atoms with van der Waals surface area (Å²) in [6.45, 7) is 7.40. The number of amides is 1. The molecule has 0 atom stereocenters. The molecule has 6 nitrogen and oxygen atoms in total. The monoisotopic (exact) mass is 368 g/mol. The van der Waals surface area contributed by atoms with E-state index in [1.165, 1.54) is 18.2 Å². The number of hydrogen-bond donors (Lipinski definition) is 1. The van der Waals surface area contributed by atoms with Crippen molar-refractivity contribution in [2.45, 2.75) is 20.3 Å². The standard InChI is InChI=1S/C18H26F2N4O2/c1-3-21-17(22-9-8-14-15(19)6-5-7-16(14)20)23-10-12-24(13-11-23)18(25)26-4-2/h5-7H,3-4,8-13H2,1-2H3,(H,21,22). The molecule has 0 bridgehead atoms. The van der Waals surface area contributed by atoms with Gasteiger partial charge in [0.15, 0.2) is 5.96 Å². The molecule has 0 unspecified atom stereocenters. The van der Waals surface area contributed by atoms with Gasteiger partial charge >= 0.3 is 6.09 Å². The highest BCUT2D eigenvalue weighted by atomic mass is 19.1. The van der Waals surface area contributed by atoms with Gasteiger partial charge in [0, 0.05) is 44.8 Å². The predicted molar refractivity (Wildman–Crippen MR) is 96.2 cm³/mol. The lowest BCUT2D eigenvalue weighted by molar-refractivity contribution is 0.0914. The van der Waals surface area contributed by atoms with Gasteiger partial charge in [-0.25, -0.2) is 13.6 Å². The highest BCUT2D eigenvalue weighted by Crippen LogP contribution is 2.13. The number of piperazine rings is 1. The van der Waals surface area contributed by atoms with Gasteiger partial charge in [-0.3, -0.25) is 4.99 Å². The van der Waals surface area contributed by atoms with Gasteiger partial charge in [-0.05, 0) is 32.4 Å². The highest BCUT2D eigenvalue weighted by molar-refractivity contribution is 5.80. The van der Waals surface area contributed by atoms with E-state index < -0.39 is 11.6 Å². The molecule has 1 fully saturated rings. The maximum absolute atomic E-state index is 13.7. The van der Waals surface area contributed by atoms with E-state index in [1.54, 1.807) is 11.8 Å². The van der Waals surface area contributed by atoms with Crippen LogP contribution in [0.25, 0.3) is 0 Å². The van der Waals surface area contributed by atoms with Crippen LogP contribution in [0.1, 0.15) is 19.4 Å². The third kappa shape index (κ3) is 5.31. The molecule has 1 amide bonds. The van der Waals surface area contributed by atoms with Gasteiger partial charge in [0.1, 0.15) is 11.6 Å². The Labute approximate surface area is 152 Å². The molecule has 1 heterocycles. The van der Waals surface area contributed by atoms with Crippen molar-refractivity contribution in [2.24, 2.45) is 4.99 Å². The second-order valence-corrected chi connectivity index (χ2v) is 5.86. The van der Waals surface area contributed by atoms with Crippen LogP contribution >= 0.6 is 0 Å². The van der Waals surface area contributed by atoms with Gasteiger partial charge in [0.25, 0.3) is 0 Å². The Bertz CT molecular complexity index is 611. The zero-order valence-electron chi connectivity index (χ0n) is 15.3. The molecular weight excluding hydrogens is 342 g/mol. The van der Waals surface area contributed by atoms with Gasteiger partial charge in [-0.15, -0.1) is 0 Å². The fourth-order valence-electron chi connectivity index (χ4n) is 2.79. The second-order valence-electron chi connectivity index (χ2n) is 5.86. The van der Waals surface area contributed by atoms with Crippen LogP contribution in [0.4, 0.5) is 13.6 Å². The van der Waals surface area contributed by atoms with Gasteiger partial charge in [-0.1, -0.05) is 6.07 Å². The van der Waals surface area contributed by atoms with Crippen LogP contribution in [-0.4, -0.2) is 67.7 Å². The van der Waals surface area contributed by atoms with E-state index in [4.69, 9.17) is 4.74 Å². The first-order valence-electron chi connectivity index (χ1n) is 8.94. The molecule has 1 N–H and O–H groups in total. The smallest absolute Gasteiger partial charge is 0.409 e. The molecule has 0 aliphatic carbocycles. The first-order valence-corrected chi connectivity index (χ1v) is 8.94. The third-order valence-corrected chi connectivity index (χ3v) is 4.13. The van der Waals surface area contributed by atoms with Crippen molar-refractivity contribution in [3.05, 3.63) is 35.4 Å². The highest BCUT2D eigenvalue weighted by Gasteiger charge is 2.23. The molecule has 0 aromatic heterocycles. The third-order valence-electron chi connectivity index (χ3n) is 4.13. The van der Waals surface area contributed by atoms with Gasteiger partial charge in [0.2, 0.25) is 0 Å². The molecule has 1 aromatic rings. The number of rotatable bonds is 5. The SMILES string of the molecule is CCNC(=NCCc1c(F)cccc1F)N1CCN(C(=O)OCC)CC1. The van der Waals surface area contributed by atoms with E-state index in [-0.39, 0.29) is 24.6 Å². The van der Waals surface area contributed by atoms with Crippen LogP contribution in [0.2, 0.25) is 0 Å². The van der Waals surface area contributed by atoms with Crippen LogP contribution in [0.15, 0.2) is 23.2 Å². The Balaban J connectivity index is 1.94. The Kier molecular flexibility index (Phi) is 7.62. The van der Waals surface area contributed by atoms with Crippen molar-refractivity contribution in [1.29, 1.82) is 0 Å². The average Bonchev–Trinajstić information content (AvgIpc) is 2.63. The summed E-state index contributed by atoms with van der Waals surface area (Å²) in [6.07, 6.45) is -0.111. The molecule has 1 aromatic carbocycles.